The zero-order chi connectivity index (χ0) is 44.3. The van der Waals surface area contributed by atoms with E-state index in [1.807, 2.05) is 0 Å². The normalized spacial score (nSPS) is 11.7. The van der Waals surface area contributed by atoms with Gasteiger partial charge in [-0.25, -0.2) is 14.4 Å². The average Bonchev–Trinajstić information content (AvgIpc) is 2.99. The van der Waals surface area contributed by atoms with Crippen LogP contribution in [-0.2, 0) is 33.1 Å². The average molecular weight is 903 g/mol. The summed E-state index contributed by atoms with van der Waals surface area (Å²) in [5.74, 6) is 0. The fourth-order valence-electron chi connectivity index (χ4n) is 3.77. The largest absolute Gasteiger partial charge is 0.444 e. The van der Waals surface area contributed by atoms with Gasteiger partial charge in [0, 0.05) is 28.8 Å². The number of nitrogen functional groups attached to an aromatic ring is 1. The molecule has 0 aliphatic carbocycles. The van der Waals surface area contributed by atoms with Crippen molar-refractivity contribution in [2.75, 3.05) is 16.4 Å². The van der Waals surface area contributed by atoms with E-state index in [9.17, 15) is 50.8 Å². The van der Waals surface area contributed by atoms with Crippen LogP contribution < -0.4 is 21.7 Å². The second-order valence-corrected chi connectivity index (χ2v) is 16.0. The fourth-order valence-corrected chi connectivity index (χ4v) is 4.48. The minimum atomic E-state index is -4.60. The number of ether oxygens (including phenoxy) is 3. The number of nitrogens with two attached hydrogens (primary N) is 1. The molecule has 0 saturated carbocycles. The summed E-state index contributed by atoms with van der Waals surface area (Å²) in [5.41, 5.74) is 2.02. The number of hydrogen-bond acceptors (Lipinski definition) is 9. The number of alkyl halides is 6. The summed E-state index contributed by atoms with van der Waals surface area (Å²) in [6.45, 7) is 15.4. The van der Waals surface area contributed by atoms with Gasteiger partial charge in [0.1, 0.15) is 16.8 Å². The van der Waals surface area contributed by atoms with Crippen molar-refractivity contribution in [3.05, 3.63) is 90.9 Å². The maximum Gasteiger partial charge on any atom is 0.416 e. The molecular weight excluding hydrogens is 860 g/mol. The van der Waals surface area contributed by atoms with Crippen LogP contribution in [0.3, 0.4) is 0 Å². The minimum Gasteiger partial charge on any atom is -0.444 e. The quantitative estimate of drug-likeness (QED) is 0.0636. The summed E-state index contributed by atoms with van der Waals surface area (Å²) in [6.07, 6.45) is -11.3. The lowest BCUT2D eigenvalue weighted by Gasteiger charge is -2.20. The van der Waals surface area contributed by atoms with E-state index in [0.717, 1.165) is 17.7 Å². The van der Waals surface area contributed by atoms with Crippen molar-refractivity contribution in [3.63, 3.8) is 0 Å². The molecule has 0 fully saturated rings. The molecule has 0 aliphatic rings. The summed E-state index contributed by atoms with van der Waals surface area (Å²) >= 11 is 8.59. The summed E-state index contributed by atoms with van der Waals surface area (Å²) < 4.78 is 90.9. The molecule has 0 aliphatic heterocycles. The van der Waals surface area contributed by atoms with E-state index in [-0.39, 0.29) is 38.8 Å². The van der Waals surface area contributed by atoms with Gasteiger partial charge in [0.2, 0.25) is 0 Å². The predicted molar refractivity (Wildman–Crippen MR) is 206 cm³/mol. The Morgan fingerprint density at radius 2 is 1.16 bits per heavy atom. The molecule has 0 spiro atoms. The third-order valence-corrected chi connectivity index (χ3v) is 6.72. The Hall–Kier alpha value is -4.98. The van der Waals surface area contributed by atoms with Crippen LogP contribution in [-0.4, -0.2) is 40.0 Å². The van der Waals surface area contributed by atoms with E-state index in [0.29, 0.717) is 12.1 Å². The lowest BCUT2D eigenvalue weighted by Crippen LogP contribution is -2.32. The zero-order valence-electron chi connectivity index (χ0n) is 32.2. The number of halogens is 8. The van der Waals surface area contributed by atoms with E-state index in [2.05, 4.69) is 31.9 Å². The summed E-state index contributed by atoms with van der Waals surface area (Å²) in [4.78, 5) is 44.4. The molecule has 3 amide bonds. The molecule has 0 aromatic heterocycles. The van der Waals surface area contributed by atoms with Crippen molar-refractivity contribution in [2.45, 2.75) is 98.0 Å². The van der Waals surface area contributed by atoms with Crippen LogP contribution in [0.5, 0.6) is 0 Å². The number of carbonyl (C=O) groups excluding carboxylic acids is 3. The molecule has 0 heterocycles. The Bertz CT molecular complexity index is 1880. The lowest BCUT2D eigenvalue weighted by atomic mass is 10.1. The van der Waals surface area contributed by atoms with Gasteiger partial charge < -0.3 is 25.3 Å². The Morgan fingerprint density at radius 3 is 1.60 bits per heavy atom. The third-order valence-electron chi connectivity index (χ3n) is 5.95. The molecule has 0 bridgehead atoms. The molecule has 0 radical (unpaired) electrons. The monoisotopic (exact) mass is 901 g/mol. The number of amides is 3. The molecule has 3 aromatic carbocycles. The first-order chi connectivity index (χ1) is 25.6. The van der Waals surface area contributed by atoms with Crippen molar-refractivity contribution in [2.24, 2.45) is 0 Å². The van der Waals surface area contributed by atoms with Crippen molar-refractivity contribution < 1.29 is 59.9 Å². The minimum absolute atomic E-state index is 0.0101. The number of benzene rings is 3. The molecule has 0 unspecified atom stereocenters. The lowest BCUT2D eigenvalue weighted by molar-refractivity contribution is -0.384. The SMILES string of the molecule is CC(C)(C)OC(=O)NCc1ccc([N+](=O)[O-])cc1.CC(C)(C)OC(=O)Nc1cc(Br)cc(C(F)(F)F)c1.CC(C)(C)OC(=O)Nc1cc(C(F)(F)F)cc(Cl)c1N. The highest BCUT2D eigenvalue weighted by molar-refractivity contribution is 9.10. The van der Waals surface area contributed by atoms with E-state index in [1.54, 1.807) is 74.4 Å². The van der Waals surface area contributed by atoms with Gasteiger partial charge in [0.05, 0.1) is 32.4 Å². The van der Waals surface area contributed by atoms with Crippen molar-refractivity contribution in [1.82, 2.24) is 5.32 Å². The number of anilines is 3. The van der Waals surface area contributed by atoms with Gasteiger partial charge in [-0.3, -0.25) is 20.7 Å². The standard InChI is InChI=1S/C12H13BrF3NO2.C12H14ClF3N2O2.C12H16N2O4/c1-11(2,3)19-10(18)17-9-5-7(12(14,15)16)4-8(13)6-9;1-11(2,3)20-10(19)18-8-5-6(12(14,15)16)4-7(13)9(8)17;1-12(2,3)18-11(15)13-8-9-4-6-10(7-5-9)14(16)17/h4-6H,1-3H3,(H,17,18);4-5H,17H2,1-3H3,(H,18,19);4-7H,8H2,1-3H3,(H,13,15). The second-order valence-electron chi connectivity index (χ2n) is 14.7. The van der Waals surface area contributed by atoms with Gasteiger partial charge in [-0.05, 0) is 98.2 Å². The number of nitro benzene ring substituents is 1. The predicted octanol–water partition coefficient (Wildman–Crippen LogP) is 11.7. The maximum atomic E-state index is 12.6. The molecule has 0 atom stereocenters. The van der Waals surface area contributed by atoms with Crippen LogP contribution in [0.2, 0.25) is 5.02 Å². The Morgan fingerprint density at radius 1 is 0.719 bits per heavy atom. The fraction of sp³-hybridized carbons (Fsp3) is 0.417. The van der Waals surface area contributed by atoms with Crippen LogP contribution in [0.1, 0.15) is 79.0 Å². The number of nitrogens with zero attached hydrogens (tertiary/aromatic N) is 1. The number of nitro groups is 1. The Balaban J connectivity index is 0.000000428. The first-order valence-electron chi connectivity index (χ1n) is 16.4. The number of nitrogens with one attached hydrogen (secondary N) is 3. The molecule has 316 valence electrons. The van der Waals surface area contributed by atoms with E-state index in [1.165, 1.54) is 18.2 Å². The number of hydrogen-bond donors (Lipinski definition) is 4. The smallest absolute Gasteiger partial charge is 0.416 e. The van der Waals surface area contributed by atoms with Gasteiger partial charge in [-0.2, -0.15) is 26.3 Å². The zero-order valence-corrected chi connectivity index (χ0v) is 34.6. The molecule has 3 rings (SSSR count). The molecule has 57 heavy (non-hydrogen) atoms. The highest BCUT2D eigenvalue weighted by Crippen LogP contribution is 2.38. The Labute approximate surface area is 338 Å². The van der Waals surface area contributed by atoms with Gasteiger partial charge in [0.25, 0.3) is 5.69 Å². The highest BCUT2D eigenvalue weighted by Gasteiger charge is 2.33. The molecule has 21 heteroatoms. The number of non-ortho nitro benzene ring substituents is 1. The van der Waals surface area contributed by atoms with Crippen molar-refractivity contribution >= 4 is 68.6 Å². The number of carbonyl (C=O) groups is 3. The van der Waals surface area contributed by atoms with Crippen LogP contribution in [0.25, 0.3) is 0 Å². The van der Waals surface area contributed by atoms with E-state index < -0.39 is 63.5 Å². The van der Waals surface area contributed by atoms with Crippen molar-refractivity contribution in [1.29, 1.82) is 0 Å². The van der Waals surface area contributed by atoms with Gasteiger partial charge in [-0.15, -0.1) is 0 Å². The van der Waals surface area contributed by atoms with Crippen LogP contribution in [0, 0.1) is 10.1 Å². The van der Waals surface area contributed by atoms with Crippen LogP contribution in [0.15, 0.2) is 59.1 Å². The Kier molecular flexibility index (Phi) is 17.5. The van der Waals surface area contributed by atoms with Gasteiger partial charge in [-0.1, -0.05) is 39.7 Å². The first kappa shape index (κ1) is 50.0. The topological polar surface area (TPSA) is 184 Å². The summed E-state index contributed by atoms with van der Waals surface area (Å²) in [7, 11) is 0. The summed E-state index contributed by atoms with van der Waals surface area (Å²) in [5, 5.41) is 17.1. The summed E-state index contributed by atoms with van der Waals surface area (Å²) in [6, 6.07) is 10.5. The van der Waals surface area contributed by atoms with Gasteiger partial charge in [0.15, 0.2) is 0 Å². The molecular formula is C36H43BrClF6N5O8. The highest BCUT2D eigenvalue weighted by atomic mass is 79.9. The maximum absolute atomic E-state index is 12.6. The molecule has 3 aromatic rings. The number of alkyl carbamates (subject to hydrolysis) is 1. The van der Waals surface area contributed by atoms with E-state index in [4.69, 9.17) is 31.5 Å². The third kappa shape index (κ3) is 20.7. The first-order valence-corrected chi connectivity index (χ1v) is 17.6. The van der Waals surface area contributed by atoms with Crippen LogP contribution >= 0.6 is 27.5 Å². The molecule has 0 saturated heterocycles. The van der Waals surface area contributed by atoms with E-state index >= 15 is 0 Å². The van der Waals surface area contributed by atoms with Gasteiger partial charge >= 0.3 is 30.6 Å². The molecule has 5 N–H and O–H groups in total. The number of rotatable bonds is 5. The van der Waals surface area contributed by atoms with Crippen molar-refractivity contribution in [3.8, 4) is 0 Å². The molecule has 13 nitrogen and oxygen atoms in total. The second kappa shape index (κ2) is 19.9. The van der Waals surface area contributed by atoms with Crippen LogP contribution in [0.4, 0.5) is 63.5 Å².